The lowest BCUT2D eigenvalue weighted by Crippen LogP contribution is -2.13. The Balaban J connectivity index is 1.77. The summed E-state index contributed by atoms with van der Waals surface area (Å²) in [4.78, 5) is 16.8. The molecule has 1 aromatic heterocycles. The summed E-state index contributed by atoms with van der Waals surface area (Å²) in [7, 11) is 0. The topological polar surface area (TPSA) is 82.5 Å². The van der Waals surface area contributed by atoms with Gasteiger partial charge in [-0.25, -0.2) is 4.98 Å². The highest BCUT2D eigenvalue weighted by Gasteiger charge is 2.16. The highest BCUT2D eigenvalue weighted by molar-refractivity contribution is 6.15. The highest BCUT2D eigenvalue weighted by atomic mass is 16.3. The molecule has 0 radical (unpaired) electrons. The summed E-state index contributed by atoms with van der Waals surface area (Å²) in [6, 6.07) is 21.0. The van der Waals surface area contributed by atoms with Crippen LogP contribution in [-0.4, -0.2) is 21.1 Å². The van der Waals surface area contributed by atoms with Gasteiger partial charge in [0.1, 0.15) is 17.3 Å². The summed E-state index contributed by atoms with van der Waals surface area (Å²) in [5.41, 5.74) is 1.96. The number of nitrogens with one attached hydrogen (secondary N) is 1. The van der Waals surface area contributed by atoms with Crippen LogP contribution in [0, 0.1) is 0 Å². The van der Waals surface area contributed by atoms with Crippen molar-refractivity contribution < 1.29 is 15.0 Å². The molecule has 5 nitrogen and oxygen atoms in total. The van der Waals surface area contributed by atoms with Gasteiger partial charge in [-0.3, -0.25) is 4.79 Å². The third-order valence-corrected chi connectivity index (χ3v) is 4.31. The second-order valence-electron chi connectivity index (χ2n) is 6.12. The molecule has 0 aliphatic carbocycles. The van der Waals surface area contributed by atoms with Crippen LogP contribution in [0.25, 0.3) is 21.9 Å². The van der Waals surface area contributed by atoms with Gasteiger partial charge in [-0.05, 0) is 58.3 Å². The van der Waals surface area contributed by atoms with Crippen molar-refractivity contribution in [3.05, 3.63) is 84.6 Å². The number of phenols is 2. The summed E-state index contributed by atoms with van der Waals surface area (Å²) in [6.07, 6.45) is 1.58. The van der Waals surface area contributed by atoms with Gasteiger partial charge >= 0.3 is 0 Å². The lowest BCUT2D eigenvalue weighted by Gasteiger charge is -2.11. The fourth-order valence-corrected chi connectivity index (χ4v) is 3.04. The van der Waals surface area contributed by atoms with E-state index in [-0.39, 0.29) is 17.1 Å². The van der Waals surface area contributed by atoms with Crippen molar-refractivity contribution in [2.45, 2.75) is 0 Å². The molecule has 0 fully saturated rings. The Hall–Kier alpha value is -3.86. The van der Waals surface area contributed by atoms with Gasteiger partial charge in [0.15, 0.2) is 0 Å². The monoisotopic (exact) mass is 356 g/mol. The molecule has 0 aliphatic rings. The van der Waals surface area contributed by atoms with Crippen molar-refractivity contribution in [2.75, 3.05) is 5.32 Å². The first-order valence-electron chi connectivity index (χ1n) is 8.39. The van der Waals surface area contributed by atoms with E-state index in [1.807, 2.05) is 18.2 Å². The lowest BCUT2D eigenvalue weighted by molar-refractivity contribution is 0.102. The van der Waals surface area contributed by atoms with Crippen LogP contribution in [0.3, 0.4) is 0 Å². The van der Waals surface area contributed by atoms with Crippen LogP contribution in [0.15, 0.2) is 79.0 Å². The zero-order valence-electron chi connectivity index (χ0n) is 14.3. The molecular weight excluding hydrogens is 340 g/mol. The SMILES string of the molecule is O=C(Nc1ccccn1)c1c(O)ccc2cc(-c3cccc(O)c3)ccc12. The fourth-order valence-electron chi connectivity index (χ4n) is 3.04. The molecule has 0 spiro atoms. The maximum absolute atomic E-state index is 12.7. The molecule has 1 heterocycles. The van der Waals surface area contributed by atoms with Crippen molar-refractivity contribution in [1.29, 1.82) is 0 Å². The second kappa shape index (κ2) is 6.80. The Morgan fingerprint density at radius 2 is 1.70 bits per heavy atom. The second-order valence-corrected chi connectivity index (χ2v) is 6.12. The molecule has 4 aromatic rings. The van der Waals surface area contributed by atoms with E-state index in [2.05, 4.69) is 10.3 Å². The molecule has 1 amide bonds. The third-order valence-electron chi connectivity index (χ3n) is 4.31. The third kappa shape index (κ3) is 3.30. The molecular formula is C22H16N2O3. The highest BCUT2D eigenvalue weighted by Crippen LogP contribution is 2.32. The predicted molar refractivity (Wildman–Crippen MR) is 105 cm³/mol. The van der Waals surface area contributed by atoms with E-state index in [1.165, 1.54) is 6.07 Å². The largest absolute Gasteiger partial charge is 0.508 e. The molecule has 3 N–H and O–H groups in total. The van der Waals surface area contributed by atoms with E-state index in [4.69, 9.17) is 0 Å². The minimum absolute atomic E-state index is 0.0963. The average molecular weight is 356 g/mol. The number of aromatic hydroxyl groups is 2. The van der Waals surface area contributed by atoms with Crippen molar-refractivity contribution in [3.8, 4) is 22.6 Å². The molecule has 0 saturated heterocycles. The summed E-state index contributed by atoms with van der Waals surface area (Å²) in [5.74, 6) is 0.0759. The van der Waals surface area contributed by atoms with Gasteiger partial charge in [0.05, 0.1) is 5.56 Å². The minimum atomic E-state index is -0.429. The smallest absolute Gasteiger partial charge is 0.261 e. The van der Waals surface area contributed by atoms with Gasteiger partial charge < -0.3 is 15.5 Å². The number of aromatic nitrogens is 1. The number of rotatable bonds is 3. The van der Waals surface area contributed by atoms with E-state index in [1.54, 1.807) is 54.7 Å². The summed E-state index contributed by atoms with van der Waals surface area (Å²) in [5, 5.41) is 24.1. The average Bonchev–Trinajstić information content (AvgIpc) is 2.68. The first-order valence-corrected chi connectivity index (χ1v) is 8.39. The summed E-state index contributed by atoms with van der Waals surface area (Å²) in [6.45, 7) is 0. The Morgan fingerprint density at radius 3 is 2.48 bits per heavy atom. The number of hydrogen-bond donors (Lipinski definition) is 3. The molecule has 3 aromatic carbocycles. The molecule has 4 rings (SSSR count). The number of benzene rings is 3. The number of amides is 1. The standard InChI is InChI=1S/C22H16N2O3/c25-17-5-3-4-14(13-17)15-7-9-18-16(12-15)8-10-19(26)21(18)22(27)24-20-6-1-2-11-23-20/h1-13,25-26H,(H,23,24,27). The quantitative estimate of drug-likeness (QED) is 0.502. The number of hydrogen-bond acceptors (Lipinski definition) is 4. The maximum atomic E-state index is 12.7. The van der Waals surface area contributed by atoms with Crippen molar-refractivity contribution >= 4 is 22.5 Å². The van der Waals surface area contributed by atoms with Crippen molar-refractivity contribution in [1.82, 2.24) is 4.98 Å². The zero-order valence-corrected chi connectivity index (χ0v) is 14.3. The fraction of sp³-hybridized carbons (Fsp3) is 0. The van der Waals surface area contributed by atoms with Gasteiger partial charge in [-0.15, -0.1) is 0 Å². The van der Waals surface area contributed by atoms with Crippen LogP contribution in [0.2, 0.25) is 0 Å². The number of anilines is 1. The zero-order chi connectivity index (χ0) is 18.8. The molecule has 27 heavy (non-hydrogen) atoms. The molecule has 0 saturated carbocycles. The Labute approximate surface area is 155 Å². The van der Waals surface area contributed by atoms with E-state index in [0.29, 0.717) is 11.2 Å². The van der Waals surface area contributed by atoms with Crippen molar-refractivity contribution in [3.63, 3.8) is 0 Å². The molecule has 5 heteroatoms. The van der Waals surface area contributed by atoms with Gasteiger partial charge in [0, 0.05) is 6.20 Å². The summed E-state index contributed by atoms with van der Waals surface area (Å²) < 4.78 is 0. The van der Waals surface area contributed by atoms with E-state index < -0.39 is 5.91 Å². The van der Waals surface area contributed by atoms with Crippen LogP contribution in [0.5, 0.6) is 11.5 Å². The van der Waals surface area contributed by atoms with E-state index in [9.17, 15) is 15.0 Å². The van der Waals surface area contributed by atoms with E-state index >= 15 is 0 Å². The van der Waals surface area contributed by atoms with Gasteiger partial charge in [0.25, 0.3) is 5.91 Å². The Bertz CT molecular complexity index is 1140. The van der Waals surface area contributed by atoms with Crippen LogP contribution in [0.1, 0.15) is 10.4 Å². The first-order chi connectivity index (χ1) is 13.1. The molecule has 0 aliphatic heterocycles. The van der Waals surface area contributed by atoms with Crippen LogP contribution >= 0.6 is 0 Å². The van der Waals surface area contributed by atoms with Crippen LogP contribution in [-0.2, 0) is 0 Å². The van der Waals surface area contributed by atoms with Gasteiger partial charge in [0.2, 0.25) is 0 Å². The van der Waals surface area contributed by atoms with Crippen LogP contribution < -0.4 is 5.32 Å². The Morgan fingerprint density at radius 1 is 0.852 bits per heavy atom. The van der Waals surface area contributed by atoms with Crippen LogP contribution in [0.4, 0.5) is 5.82 Å². The lowest BCUT2D eigenvalue weighted by atomic mass is 9.97. The first kappa shape index (κ1) is 16.6. The minimum Gasteiger partial charge on any atom is -0.508 e. The molecule has 132 valence electrons. The predicted octanol–water partition coefficient (Wildman–Crippen LogP) is 4.57. The van der Waals surface area contributed by atoms with Crippen molar-refractivity contribution in [2.24, 2.45) is 0 Å². The number of carbonyl (C=O) groups excluding carboxylic acids is 1. The Kier molecular flexibility index (Phi) is 4.18. The van der Waals surface area contributed by atoms with E-state index in [0.717, 1.165) is 16.5 Å². The number of carbonyl (C=O) groups is 1. The number of phenolic OH excluding ortho intramolecular Hbond substituents is 2. The molecule has 0 bridgehead atoms. The normalized spacial score (nSPS) is 10.7. The maximum Gasteiger partial charge on any atom is 0.261 e. The number of fused-ring (bicyclic) bond motifs is 1. The van der Waals surface area contributed by atoms with Gasteiger partial charge in [-0.1, -0.05) is 36.4 Å². The number of pyridine rings is 1. The van der Waals surface area contributed by atoms with Gasteiger partial charge in [-0.2, -0.15) is 0 Å². The number of nitrogens with zero attached hydrogens (tertiary/aromatic N) is 1. The molecule has 0 unspecified atom stereocenters. The summed E-state index contributed by atoms with van der Waals surface area (Å²) >= 11 is 0. The molecule has 0 atom stereocenters.